The Morgan fingerprint density at radius 1 is 1.00 bits per heavy atom. The second-order valence-corrected chi connectivity index (χ2v) is 2.65. The van der Waals surface area contributed by atoms with Crippen LogP contribution >= 0.6 is 0 Å². The van der Waals surface area contributed by atoms with Gasteiger partial charge in [0.15, 0.2) is 0 Å². The van der Waals surface area contributed by atoms with Gasteiger partial charge >= 0.3 is 24.4 Å². The van der Waals surface area contributed by atoms with Crippen LogP contribution in [0.2, 0.25) is 0 Å². The Labute approximate surface area is 84.5 Å². The van der Waals surface area contributed by atoms with Crippen LogP contribution in [-0.4, -0.2) is 41.2 Å². The van der Waals surface area contributed by atoms with Crippen LogP contribution in [0.25, 0.3) is 0 Å². The lowest BCUT2D eigenvalue weighted by Crippen LogP contribution is -2.36. The molecule has 0 saturated carbocycles. The van der Waals surface area contributed by atoms with E-state index in [2.05, 4.69) is 0 Å². The second-order valence-electron chi connectivity index (χ2n) is 2.65. The van der Waals surface area contributed by atoms with E-state index in [1.54, 1.807) is 0 Å². The van der Waals surface area contributed by atoms with Crippen molar-refractivity contribution < 1.29 is 45.3 Å². The van der Waals surface area contributed by atoms with Gasteiger partial charge in [-0.1, -0.05) is 0 Å². The molecule has 0 aromatic heterocycles. The Morgan fingerprint density at radius 3 is 1.25 bits per heavy atom. The molecule has 0 heterocycles. The molecular weight excluding hydrogens is 256 g/mol. The van der Waals surface area contributed by atoms with Gasteiger partial charge in [0.2, 0.25) is 0 Å². The first-order valence-electron chi connectivity index (χ1n) is 3.50. The number of rotatable bonds is 3. The minimum Gasteiger partial charge on any atom is -0.390 e. The van der Waals surface area contributed by atoms with Gasteiger partial charge in [-0.3, -0.25) is 0 Å². The van der Waals surface area contributed by atoms with Gasteiger partial charge in [-0.2, -0.15) is 26.3 Å². The molecule has 0 radical (unpaired) electrons. The molecule has 100 valence electrons. The lowest BCUT2D eigenvalue weighted by molar-refractivity contribution is -0.318. The van der Waals surface area contributed by atoms with E-state index in [-0.39, 0.29) is 6.92 Å². The third-order valence-corrected chi connectivity index (χ3v) is 1.06. The largest absolute Gasteiger partial charge is 0.416 e. The van der Waals surface area contributed by atoms with Crippen molar-refractivity contribution in [2.24, 2.45) is 0 Å². The van der Waals surface area contributed by atoms with Gasteiger partial charge in [0.05, 0.1) is 0 Å². The van der Waals surface area contributed by atoms with Gasteiger partial charge in [0.1, 0.15) is 6.61 Å². The van der Waals surface area contributed by atoms with Crippen molar-refractivity contribution in [1.82, 2.24) is 0 Å². The van der Waals surface area contributed by atoms with Crippen molar-refractivity contribution in [2.75, 3.05) is 6.61 Å². The van der Waals surface area contributed by atoms with Crippen molar-refractivity contribution in [1.29, 1.82) is 0 Å². The smallest absolute Gasteiger partial charge is 0.390 e. The third-order valence-electron chi connectivity index (χ3n) is 1.06. The fourth-order valence-electron chi connectivity index (χ4n) is 0.0690. The summed E-state index contributed by atoms with van der Waals surface area (Å²) in [6.45, 7) is -1.86. The zero-order valence-corrected chi connectivity index (χ0v) is 7.70. The van der Waals surface area contributed by atoms with Gasteiger partial charge in [-0.05, 0) is 0 Å². The van der Waals surface area contributed by atoms with Gasteiger partial charge in [-0.25, -0.2) is 8.78 Å². The van der Waals surface area contributed by atoms with E-state index in [1.165, 1.54) is 0 Å². The Morgan fingerprint density at radius 2 is 1.25 bits per heavy atom. The van der Waals surface area contributed by atoms with Crippen LogP contribution in [0.15, 0.2) is 0 Å². The van der Waals surface area contributed by atoms with Crippen molar-refractivity contribution in [2.45, 2.75) is 31.3 Å². The predicted molar refractivity (Wildman–Crippen MR) is 35.8 cm³/mol. The van der Waals surface area contributed by atoms with E-state index in [0.717, 1.165) is 0 Å². The highest BCUT2D eigenvalue weighted by molar-refractivity contribution is 4.67. The van der Waals surface area contributed by atoms with E-state index in [1.807, 2.05) is 0 Å². The van der Waals surface area contributed by atoms with Crippen LogP contribution in [0.1, 0.15) is 6.92 Å². The Hall–Kier alpha value is -0.640. The quantitative estimate of drug-likeness (QED) is 0.766. The standard InChI is InChI=1S/2C3H4F4O/c4-2(5)3(6,7)1-8;1-2(4,5)3(6,7)8/h2,8H,1H2;8H,1H3. The van der Waals surface area contributed by atoms with E-state index in [4.69, 9.17) is 10.2 Å². The van der Waals surface area contributed by atoms with Gasteiger partial charge in [0.25, 0.3) is 0 Å². The molecule has 0 amide bonds. The maximum atomic E-state index is 11.3. The number of hydrogen-bond acceptors (Lipinski definition) is 2. The zero-order valence-electron chi connectivity index (χ0n) is 7.70. The summed E-state index contributed by atoms with van der Waals surface area (Å²) in [6, 6.07) is 0. The van der Waals surface area contributed by atoms with Crippen LogP contribution in [0.5, 0.6) is 0 Å². The molecule has 0 fully saturated rings. The Balaban J connectivity index is 0. The molecule has 0 spiro atoms. The topological polar surface area (TPSA) is 40.5 Å². The minimum atomic E-state index is -4.90. The van der Waals surface area contributed by atoms with E-state index >= 15 is 0 Å². The summed E-state index contributed by atoms with van der Waals surface area (Å²) in [6.07, 6.45) is -8.67. The van der Waals surface area contributed by atoms with Gasteiger partial charge < -0.3 is 10.2 Å². The molecule has 0 aliphatic rings. The molecule has 0 aromatic carbocycles. The molecule has 0 aromatic rings. The van der Waals surface area contributed by atoms with Crippen molar-refractivity contribution in [3.05, 3.63) is 0 Å². The van der Waals surface area contributed by atoms with E-state index in [9.17, 15) is 35.1 Å². The van der Waals surface area contributed by atoms with Crippen LogP contribution in [0.3, 0.4) is 0 Å². The highest BCUT2D eigenvalue weighted by atomic mass is 19.3. The average Bonchev–Trinajstić information content (AvgIpc) is 2.01. The molecule has 10 heteroatoms. The number of alkyl halides is 8. The predicted octanol–water partition coefficient (Wildman–Crippen LogP) is 2.11. The highest BCUT2D eigenvalue weighted by Crippen LogP contribution is 2.30. The third kappa shape index (κ3) is 6.77. The Bertz CT molecular complexity index is 178. The summed E-state index contributed by atoms with van der Waals surface area (Å²) in [5.41, 5.74) is 0. The number of hydrogen-bond donors (Lipinski definition) is 2. The summed E-state index contributed by atoms with van der Waals surface area (Å²) in [5, 5.41) is 14.8. The van der Waals surface area contributed by atoms with Crippen LogP contribution in [0, 0.1) is 0 Å². The van der Waals surface area contributed by atoms with Crippen molar-refractivity contribution >= 4 is 0 Å². The Kier molecular flexibility index (Phi) is 6.23. The van der Waals surface area contributed by atoms with Crippen LogP contribution in [-0.2, 0) is 0 Å². The van der Waals surface area contributed by atoms with Crippen molar-refractivity contribution in [3.63, 3.8) is 0 Å². The summed E-state index contributed by atoms with van der Waals surface area (Å²) < 4.78 is 88.9. The molecule has 16 heavy (non-hydrogen) atoms. The molecule has 2 N–H and O–H groups in total. The molecule has 2 nitrogen and oxygen atoms in total. The summed E-state index contributed by atoms with van der Waals surface area (Å²) >= 11 is 0. The molecule has 0 aliphatic carbocycles. The lowest BCUT2D eigenvalue weighted by atomic mass is 10.4. The molecule has 0 bridgehead atoms. The first-order chi connectivity index (χ1) is 6.75. The fourth-order valence-corrected chi connectivity index (χ4v) is 0.0690. The first-order valence-corrected chi connectivity index (χ1v) is 3.50. The number of aliphatic hydroxyl groups is 2. The first kappa shape index (κ1) is 17.7. The molecule has 0 unspecified atom stereocenters. The zero-order chi connectivity index (χ0) is 13.8. The second kappa shape index (κ2) is 5.62. The summed E-state index contributed by atoms with van der Waals surface area (Å²) in [7, 11) is 0. The normalized spacial score (nSPS) is 13.5. The molecule has 0 atom stereocenters. The average molecular weight is 264 g/mol. The van der Waals surface area contributed by atoms with Crippen LogP contribution < -0.4 is 0 Å². The van der Waals surface area contributed by atoms with Gasteiger partial charge in [0, 0.05) is 6.92 Å². The summed E-state index contributed by atoms with van der Waals surface area (Å²) in [4.78, 5) is 0. The maximum absolute atomic E-state index is 11.3. The number of aliphatic hydroxyl groups excluding tert-OH is 1. The minimum absolute atomic E-state index is 0.0625. The van der Waals surface area contributed by atoms with Crippen molar-refractivity contribution in [3.8, 4) is 0 Å². The highest BCUT2D eigenvalue weighted by Gasteiger charge is 2.50. The number of halogens is 8. The molecular formula is C6H8F8O2. The SMILES string of the molecule is CC(F)(F)C(O)(F)F.OCC(F)(F)C(F)F. The van der Waals surface area contributed by atoms with Crippen LogP contribution in [0.4, 0.5) is 35.1 Å². The molecule has 0 aliphatic heterocycles. The monoisotopic (exact) mass is 264 g/mol. The lowest BCUT2D eigenvalue weighted by Gasteiger charge is -2.15. The molecule has 0 rings (SSSR count). The van der Waals surface area contributed by atoms with E-state index < -0.39 is 31.0 Å². The summed E-state index contributed by atoms with van der Waals surface area (Å²) in [5.74, 6) is -8.58. The maximum Gasteiger partial charge on any atom is 0.416 e. The molecule has 0 saturated heterocycles. The van der Waals surface area contributed by atoms with Gasteiger partial charge in [-0.15, -0.1) is 0 Å². The fraction of sp³-hybridized carbons (Fsp3) is 1.00. The van der Waals surface area contributed by atoms with E-state index in [0.29, 0.717) is 0 Å².